The Kier molecular flexibility index (Phi) is 7.31. The lowest BCUT2D eigenvalue weighted by atomic mass is 9.86. The van der Waals surface area contributed by atoms with Crippen molar-refractivity contribution in [2.75, 3.05) is 0 Å². The van der Waals surface area contributed by atoms with Gasteiger partial charge < -0.3 is 0 Å². The molecule has 4 aromatic heterocycles. The van der Waals surface area contributed by atoms with Crippen LogP contribution in [0.5, 0.6) is 0 Å². The maximum absolute atomic E-state index is 5.16. The summed E-state index contributed by atoms with van der Waals surface area (Å²) in [4.78, 5) is 19.4. The van der Waals surface area contributed by atoms with Crippen LogP contribution < -0.4 is 0 Å². The minimum absolute atomic E-state index is 0.838. The Balaban J connectivity index is 1.52. The van der Waals surface area contributed by atoms with E-state index in [9.17, 15) is 0 Å². The number of benzene rings is 3. The molecule has 0 atom stereocenters. The minimum Gasteiger partial charge on any atom is -0.255 e. The normalized spacial score (nSPS) is 11.0. The molecule has 0 unspecified atom stereocenters. The molecule has 0 bridgehead atoms. The van der Waals surface area contributed by atoms with Crippen LogP contribution in [0, 0.1) is 13.8 Å². The van der Waals surface area contributed by atoms with Crippen LogP contribution >= 0.6 is 0 Å². The Bertz CT molecular complexity index is 1930. The van der Waals surface area contributed by atoms with Gasteiger partial charge in [0, 0.05) is 23.5 Å². The molecule has 0 aliphatic carbocycles. The average Bonchev–Trinajstić information content (AvgIpc) is 3.09. The molecule has 3 aromatic carbocycles. The lowest BCUT2D eigenvalue weighted by molar-refractivity contribution is 1.24. The molecular weight excluding hydrogens is 536 g/mol. The summed E-state index contributed by atoms with van der Waals surface area (Å²) in [6.07, 6.45) is 3.61. The van der Waals surface area contributed by atoms with Gasteiger partial charge in [0.05, 0.1) is 34.2 Å². The van der Waals surface area contributed by atoms with Gasteiger partial charge >= 0.3 is 0 Å². The summed E-state index contributed by atoms with van der Waals surface area (Å²) in [6.45, 7) is 4.32. The van der Waals surface area contributed by atoms with E-state index >= 15 is 0 Å². The molecule has 0 fully saturated rings. The number of aromatic nitrogens is 4. The number of hydrogen-bond donors (Lipinski definition) is 0. The zero-order chi connectivity index (χ0) is 29.9. The van der Waals surface area contributed by atoms with Crippen molar-refractivity contribution in [3.63, 3.8) is 0 Å². The molecule has 0 N–H and O–H groups in total. The van der Waals surface area contributed by atoms with Gasteiger partial charge in [-0.3, -0.25) is 9.97 Å². The first kappa shape index (κ1) is 27.1. The van der Waals surface area contributed by atoms with E-state index in [0.717, 1.165) is 67.5 Å². The predicted molar refractivity (Wildman–Crippen MR) is 180 cm³/mol. The molecule has 0 saturated heterocycles. The molecule has 0 radical (unpaired) electrons. The van der Waals surface area contributed by atoms with Crippen molar-refractivity contribution < 1.29 is 0 Å². The molecule has 4 nitrogen and oxygen atoms in total. The lowest BCUT2D eigenvalue weighted by Gasteiger charge is -2.20. The standard InChI is InChI=1S/C40H30N4/c1-27-13-3-5-15-29(27)31-25-34(36-20-12-22-40(44-36)38-18-8-10-24-42-38)32(30-16-6-4-14-28(30)2)26-33(31)35-19-11-21-39(43-35)37-17-7-9-23-41-37/h3-26H,1-2H3. The molecule has 7 aromatic rings. The Morgan fingerprint density at radius 1 is 0.318 bits per heavy atom. The number of hydrogen-bond acceptors (Lipinski definition) is 4. The van der Waals surface area contributed by atoms with Gasteiger partial charge in [0.2, 0.25) is 0 Å². The van der Waals surface area contributed by atoms with E-state index < -0.39 is 0 Å². The van der Waals surface area contributed by atoms with Gasteiger partial charge in [-0.15, -0.1) is 0 Å². The smallest absolute Gasteiger partial charge is 0.0893 e. The first-order chi connectivity index (χ1) is 21.7. The van der Waals surface area contributed by atoms with Crippen molar-refractivity contribution in [1.29, 1.82) is 0 Å². The topological polar surface area (TPSA) is 51.6 Å². The molecule has 0 aliphatic heterocycles. The van der Waals surface area contributed by atoms with E-state index in [1.807, 2.05) is 48.5 Å². The molecule has 0 amide bonds. The van der Waals surface area contributed by atoms with Gasteiger partial charge in [-0.2, -0.15) is 0 Å². The van der Waals surface area contributed by atoms with Gasteiger partial charge in [-0.05, 0) is 108 Å². The van der Waals surface area contributed by atoms with E-state index in [2.05, 4.69) is 109 Å². The van der Waals surface area contributed by atoms with Gasteiger partial charge in [0.25, 0.3) is 0 Å². The van der Waals surface area contributed by atoms with E-state index in [-0.39, 0.29) is 0 Å². The molecule has 210 valence electrons. The highest BCUT2D eigenvalue weighted by Gasteiger charge is 2.20. The maximum Gasteiger partial charge on any atom is 0.0893 e. The lowest BCUT2D eigenvalue weighted by Crippen LogP contribution is -1.98. The molecule has 4 heterocycles. The summed E-state index contributed by atoms with van der Waals surface area (Å²) >= 11 is 0. The first-order valence-corrected chi connectivity index (χ1v) is 14.7. The van der Waals surface area contributed by atoms with Crippen molar-refractivity contribution >= 4 is 0 Å². The van der Waals surface area contributed by atoms with Gasteiger partial charge in [0.15, 0.2) is 0 Å². The number of aryl methyl sites for hydroxylation is 2. The molecule has 0 aliphatic rings. The summed E-state index contributed by atoms with van der Waals surface area (Å²) in [5.41, 5.74) is 14.2. The molecule has 7 rings (SSSR count). The highest BCUT2D eigenvalue weighted by atomic mass is 14.8. The highest BCUT2D eigenvalue weighted by Crippen LogP contribution is 2.43. The van der Waals surface area contributed by atoms with Crippen LogP contribution in [0.3, 0.4) is 0 Å². The minimum atomic E-state index is 0.838. The first-order valence-electron chi connectivity index (χ1n) is 14.7. The predicted octanol–water partition coefficient (Wildman–Crippen LogP) is 9.89. The van der Waals surface area contributed by atoms with Crippen molar-refractivity contribution in [2.45, 2.75) is 13.8 Å². The van der Waals surface area contributed by atoms with Crippen LogP contribution in [0.1, 0.15) is 11.1 Å². The second kappa shape index (κ2) is 11.9. The number of nitrogens with zero attached hydrogens (tertiary/aromatic N) is 4. The van der Waals surface area contributed by atoms with Crippen molar-refractivity contribution in [3.8, 4) is 67.5 Å². The van der Waals surface area contributed by atoms with E-state index in [1.165, 1.54) is 11.1 Å². The van der Waals surface area contributed by atoms with Gasteiger partial charge in [-0.1, -0.05) is 72.8 Å². The fourth-order valence-electron chi connectivity index (χ4n) is 5.70. The maximum atomic E-state index is 5.16. The Labute approximate surface area is 257 Å². The van der Waals surface area contributed by atoms with Crippen LogP contribution in [0.4, 0.5) is 0 Å². The summed E-state index contributed by atoms with van der Waals surface area (Å²) in [6, 6.07) is 45.8. The quantitative estimate of drug-likeness (QED) is 0.201. The van der Waals surface area contributed by atoms with Crippen LogP contribution in [0.2, 0.25) is 0 Å². The third-order valence-corrected chi connectivity index (χ3v) is 7.93. The molecule has 4 heteroatoms. The molecule has 0 saturated carbocycles. The fraction of sp³-hybridized carbons (Fsp3) is 0.0500. The van der Waals surface area contributed by atoms with Crippen molar-refractivity contribution in [1.82, 2.24) is 19.9 Å². The average molecular weight is 567 g/mol. The Morgan fingerprint density at radius 3 is 1.11 bits per heavy atom. The second-order valence-corrected chi connectivity index (χ2v) is 10.8. The van der Waals surface area contributed by atoms with Crippen molar-refractivity contribution in [2.24, 2.45) is 0 Å². The zero-order valence-electron chi connectivity index (χ0n) is 24.6. The number of pyridine rings is 4. The SMILES string of the molecule is Cc1ccccc1-c1cc(-c2cccc(-c3ccccn3)n2)c(-c2ccccc2C)cc1-c1cccc(-c2ccccn2)n1. The van der Waals surface area contributed by atoms with Crippen LogP contribution in [0.25, 0.3) is 67.5 Å². The Hall–Kier alpha value is -5.74. The molecule has 44 heavy (non-hydrogen) atoms. The summed E-state index contributed by atoms with van der Waals surface area (Å²) < 4.78 is 0. The van der Waals surface area contributed by atoms with E-state index in [4.69, 9.17) is 9.97 Å². The summed E-state index contributed by atoms with van der Waals surface area (Å²) in [5, 5.41) is 0. The van der Waals surface area contributed by atoms with Crippen LogP contribution in [0.15, 0.2) is 146 Å². The molecular formula is C40H30N4. The second-order valence-electron chi connectivity index (χ2n) is 10.8. The van der Waals surface area contributed by atoms with Crippen molar-refractivity contribution in [3.05, 3.63) is 157 Å². The highest BCUT2D eigenvalue weighted by molar-refractivity contribution is 5.95. The van der Waals surface area contributed by atoms with Crippen LogP contribution in [-0.4, -0.2) is 19.9 Å². The number of rotatable bonds is 6. The summed E-state index contributed by atoms with van der Waals surface area (Å²) in [5.74, 6) is 0. The summed E-state index contributed by atoms with van der Waals surface area (Å²) in [7, 11) is 0. The van der Waals surface area contributed by atoms with E-state index in [1.54, 1.807) is 12.4 Å². The Morgan fingerprint density at radius 2 is 0.705 bits per heavy atom. The third-order valence-electron chi connectivity index (χ3n) is 7.93. The zero-order valence-corrected chi connectivity index (χ0v) is 24.6. The monoisotopic (exact) mass is 566 g/mol. The van der Waals surface area contributed by atoms with Crippen LogP contribution in [-0.2, 0) is 0 Å². The van der Waals surface area contributed by atoms with Gasteiger partial charge in [0.1, 0.15) is 0 Å². The fourth-order valence-corrected chi connectivity index (χ4v) is 5.70. The van der Waals surface area contributed by atoms with E-state index in [0.29, 0.717) is 0 Å². The third kappa shape index (κ3) is 5.30. The van der Waals surface area contributed by atoms with Gasteiger partial charge in [-0.25, -0.2) is 9.97 Å². The largest absolute Gasteiger partial charge is 0.255 e. The molecule has 0 spiro atoms.